The summed E-state index contributed by atoms with van der Waals surface area (Å²) in [5.74, 6) is 0. The van der Waals surface area contributed by atoms with Crippen LogP contribution < -0.4 is 4.72 Å². The number of aliphatic hydroxyl groups is 1. The third-order valence-corrected chi connectivity index (χ3v) is 11.5. The van der Waals surface area contributed by atoms with Gasteiger partial charge in [-0.1, -0.05) is 127 Å². The maximum atomic E-state index is 12.9. The van der Waals surface area contributed by atoms with Gasteiger partial charge in [0.15, 0.2) is 6.29 Å². The molecule has 0 aromatic heterocycles. The van der Waals surface area contributed by atoms with Crippen LogP contribution in [0.15, 0.2) is 150 Å². The predicted octanol–water partition coefficient (Wildman–Crippen LogP) is 8.72. The minimum Gasteiger partial charge on any atom is -0.392 e. The molecule has 0 bridgehead atoms. The molecule has 0 aliphatic carbocycles. The van der Waals surface area contributed by atoms with Crippen molar-refractivity contribution in [3.05, 3.63) is 173 Å². The van der Waals surface area contributed by atoms with Crippen LogP contribution in [-0.2, 0) is 32.6 Å². The summed E-state index contributed by atoms with van der Waals surface area (Å²) >= 11 is 0. The second kappa shape index (κ2) is 15.9. The van der Waals surface area contributed by atoms with Gasteiger partial charge in [0.25, 0.3) is 0 Å². The standard InChI is InChI=1S/C44H44N2O5S/c1-31(37-25-20-33-10-6-7-11-38(33)26-37)46(2)29-40-27-43(35-18-16-32(30-47)17-19-35)51-44(50-40)36-23-21-34(22-24-36)42-15-9-8-12-39(42)28-45-52(48,49)41-13-4-3-5-14-41/h3-26,31,40,43-45,47H,27-30H2,1-2H3/t31-,40+,43-,44-/m1/s1. The highest BCUT2D eigenvalue weighted by atomic mass is 32.2. The lowest BCUT2D eigenvalue weighted by Gasteiger charge is -2.39. The molecule has 6 aromatic carbocycles. The molecule has 266 valence electrons. The van der Waals surface area contributed by atoms with Gasteiger partial charge in [-0.3, -0.25) is 4.90 Å². The maximum absolute atomic E-state index is 12.9. The molecule has 0 amide bonds. The monoisotopic (exact) mass is 712 g/mol. The number of nitrogens with zero attached hydrogens (tertiary/aromatic N) is 1. The van der Waals surface area contributed by atoms with Crippen molar-refractivity contribution in [1.29, 1.82) is 0 Å². The molecule has 52 heavy (non-hydrogen) atoms. The lowest BCUT2D eigenvalue weighted by Crippen LogP contribution is -2.38. The van der Waals surface area contributed by atoms with Gasteiger partial charge >= 0.3 is 0 Å². The molecule has 1 aliphatic heterocycles. The molecule has 7 nitrogen and oxygen atoms in total. The number of hydrogen-bond acceptors (Lipinski definition) is 6. The first-order valence-corrected chi connectivity index (χ1v) is 19.2. The Morgan fingerprint density at radius 2 is 1.44 bits per heavy atom. The highest BCUT2D eigenvalue weighted by molar-refractivity contribution is 7.89. The SMILES string of the molecule is C[C@H](c1ccc2ccccc2c1)N(C)C[C@@H]1C[C@H](c2ccc(CO)cc2)O[C@H](c2ccc(-c3ccccc3CNS(=O)(=O)c3ccccc3)cc2)O1. The van der Waals surface area contributed by atoms with Crippen LogP contribution in [0.4, 0.5) is 0 Å². The van der Waals surface area contributed by atoms with E-state index in [9.17, 15) is 13.5 Å². The first-order chi connectivity index (χ1) is 25.3. The molecular weight excluding hydrogens is 669 g/mol. The van der Waals surface area contributed by atoms with Crippen LogP contribution in [0.25, 0.3) is 21.9 Å². The molecule has 8 heteroatoms. The van der Waals surface area contributed by atoms with Crippen molar-refractivity contribution in [3.63, 3.8) is 0 Å². The Bertz CT molecular complexity index is 2210. The normalized spacial score (nSPS) is 18.4. The van der Waals surface area contributed by atoms with E-state index in [-0.39, 0.29) is 36.3 Å². The fourth-order valence-electron chi connectivity index (χ4n) is 6.87. The van der Waals surface area contributed by atoms with Crippen molar-refractivity contribution in [3.8, 4) is 11.1 Å². The van der Waals surface area contributed by atoms with Crippen LogP contribution >= 0.6 is 0 Å². The van der Waals surface area contributed by atoms with Gasteiger partial charge < -0.3 is 14.6 Å². The zero-order chi connectivity index (χ0) is 36.1. The average molecular weight is 713 g/mol. The minimum atomic E-state index is -3.65. The Labute approximate surface area is 306 Å². The van der Waals surface area contributed by atoms with E-state index in [1.165, 1.54) is 16.3 Å². The van der Waals surface area contributed by atoms with Crippen LogP contribution in [0.1, 0.15) is 59.6 Å². The molecule has 2 N–H and O–H groups in total. The van der Waals surface area contributed by atoms with E-state index in [1.54, 1.807) is 30.3 Å². The number of ether oxygens (including phenoxy) is 2. The first kappa shape index (κ1) is 35.7. The number of aliphatic hydroxyl groups excluding tert-OH is 1. The lowest BCUT2D eigenvalue weighted by molar-refractivity contribution is -0.253. The van der Waals surface area contributed by atoms with Gasteiger partial charge in [-0.05, 0) is 76.3 Å². The largest absolute Gasteiger partial charge is 0.392 e. The number of rotatable bonds is 12. The Morgan fingerprint density at radius 1 is 0.769 bits per heavy atom. The number of hydrogen-bond donors (Lipinski definition) is 2. The van der Waals surface area contributed by atoms with Gasteiger partial charge in [-0.2, -0.15) is 0 Å². The van der Waals surface area contributed by atoms with Crippen LogP contribution in [0, 0.1) is 0 Å². The molecule has 4 atom stereocenters. The Balaban J connectivity index is 1.10. The molecule has 0 radical (unpaired) electrons. The van der Waals surface area contributed by atoms with Gasteiger partial charge in [-0.25, -0.2) is 13.1 Å². The van der Waals surface area contributed by atoms with E-state index in [4.69, 9.17) is 9.47 Å². The molecular formula is C44H44N2O5S. The second-order valence-corrected chi connectivity index (χ2v) is 15.3. The predicted molar refractivity (Wildman–Crippen MR) is 206 cm³/mol. The number of fused-ring (bicyclic) bond motifs is 1. The summed E-state index contributed by atoms with van der Waals surface area (Å²) < 4.78 is 42.0. The summed E-state index contributed by atoms with van der Waals surface area (Å²) in [4.78, 5) is 2.58. The zero-order valence-electron chi connectivity index (χ0n) is 29.4. The summed E-state index contributed by atoms with van der Waals surface area (Å²) in [6.07, 6.45) is -0.201. The quantitative estimate of drug-likeness (QED) is 0.132. The number of nitrogens with one attached hydrogen (secondary N) is 1. The highest BCUT2D eigenvalue weighted by Gasteiger charge is 2.33. The van der Waals surface area contributed by atoms with Crippen molar-refractivity contribution in [2.45, 2.75) is 55.9 Å². The summed E-state index contributed by atoms with van der Waals surface area (Å²) in [6, 6.07) is 47.6. The molecule has 1 fully saturated rings. The van der Waals surface area contributed by atoms with E-state index < -0.39 is 16.3 Å². The zero-order valence-corrected chi connectivity index (χ0v) is 30.2. The van der Waals surface area contributed by atoms with Crippen molar-refractivity contribution in [2.24, 2.45) is 0 Å². The molecule has 1 aliphatic rings. The third-order valence-electron chi connectivity index (χ3n) is 10.0. The van der Waals surface area contributed by atoms with Crippen LogP contribution in [0.2, 0.25) is 0 Å². The summed E-state index contributed by atoms with van der Waals surface area (Å²) in [5, 5.41) is 12.1. The Morgan fingerprint density at radius 3 is 2.19 bits per heavy atom. The third kappa shape index (κ3) is 8.18. The van der Waals surface area contributed by atoms with Crippen molar-refractivity contribution in [2.75, 3.05) is 13.6 Å². The number of sulfonamides is 1. The molecule has 7 rings (SSSR count). The molecule has 1 heterocycles. The number of benzene rings is 6. The van der Waals surface area contributed by atoms with Crippen LogP contribution in [0.5, 0.6) is 0 Å². The fourth-order valence-corrected chi connectivity index (χ4v) is 7.89. The Kier molecular flexibility index (Phi) is 10.9. The topological polar surface area (TPSA) is 88.1 Å². The fraction of sp³-hybridized carbons (Fsp3) is 0.227. The Hall–Kier alpha value is -4.67. The summed E-state index contributed by atoms with van der Waals surface area (Å²) in [7, 11) is -1.51. The van der Waals surface area contributed by atoms with E-state index in [0.717, 1.165) is 33.4 Å². The lowest BCUT2D eigenvalue weighted by atomic mass is 9.97. The van der Waals surface area contributed by atoms with Gasteiger partial charge in [0, 0.05) is 31.1 Å². The van der Waals surface area contributed by atoms with Crippen molar-refractivity contribution < 1.29 is 23.0 Å². The smallest absolute Gasteiger partial charge is 0.240 e. The van der Waals surface area contributed by atoms with Gasteiger partial charge in [0.1, 0.15) is 0 Å². The molecule has 0 spiro atoms. The van der Waals surface area contributed by atoms with Gasteiger partial charge in [0.05, 0.1) is 23.7 Å². The van der Waals surface area contributed by atoms with E-state index in [2.05, 4.69) is 66.1 Å². The first-order valence-electron chi connectivity index (χ1n) is 17.7. The molecule has 1 saturated heterocycles. The van der Waals surface area contributed by atoms with Crippen LogP contribution in [0.3, 0.4) is 0 Å². The summed E-state index contributed by atoms with van der Waals surface area (Å²) in [6.45, 7) is 3.10. The highest BCUT2D eigenvalue weighted by Crippen LogP contribution is 2.39. The maximum Gasteiger partial charge on any atom is 0.240 e. The van der Waals surface area contributed by atoms with Crippen molar-refractivity contribution in [1.82, 2.24) is 9.62 Å². The van der Waals surface area contributed by atoms with Gasteiger partial charge in [-0.15, -0.1) is 0 Å². The summed E-state index contributed by atoms with van der Waals surface area (Å²) in [5.41, 5.74) is 6.84. The molecule has 0 saturated carbocycles. The van der Waals surface area contributed by atoms with E-state index >= 15 is 0 Å². The van der Waals surface area contributed by atoms with E-state index in [1.807, 2.05) is 72.8 Å². The van der Waals surface area contributed by atoms with Crippen LogP contribution in [-0.4, -0.2) is 38.1 Å². The molecule has 0 unspecified atom stereocenters. The van der Waals surface area contributed by atoms with E-state index in [0.29, 0.717) is 13.0 Å². The minimum absolute atomic E-state index is 0.00794. The van der Waals surface area contributed by atoms with Gasteiger partial charge in [0.2, 0.25) is 10.0 Å². The second-order valence-electron chi connectivity index (χ2n) is 13.5. The van der Waals surface area contributed by atoms with Crippen molar-refractivity contribution >= 4 is 20.8 Å². The number of likely N-dealkylation sites (N-methyl/N-ethyl adjacent to an activating group) is 1. The molecule has 6 aromatic rings. The average Bonchev–Trinajstić information content (AvgIpc) is 3.20.